The SMILES string of the molecule is Cc1cccc(C)c1-c1n(Cc2ccccc2)c(-c2ccccc2)c(-c2ccccc2)[n+]1C.[I-]. The number of aromatic nitrogens is 2. The molecule has 0 bridgehead atoms. The molecule has 0 amide bonds. The van der Waals surface area contributed by atoms with Gasteiger partial charge < -0.3 is 24.0 Å². The number of halogens is 1. The van der Waals surface area contributed by atoms with Gasteiger partial charge in [0.05, 0.1) is 12.6 Å². The first-order valence-electron chi connectivity index (χ1n) is 11.5. The Hall–Kier alpha value is -3.18. The van der Waals surface area contributed by atoms with E-state index < -0.39 is 0 Å². The van der Waals surface area contributed by atoms with E-state index in [1.165, 1.54) is 50.6 Å². The second-order valence-electron chi connectivity index (χ2n) is 8.65. The average molecular weight is 556 g/mol. The van der Waals surface area contributed by atoms with Crippen LogP contribution in [0.1, 0.15) is 16.7 Å². The Labute approximate surface area is 219 Å². The number of rotatable bonds is 5. The first-order valence-corrected chi connectivity index (χ1v) is 11.5. The van der Waals surface area contributed by atoms with Crippen LogP contribution in [-0.4, -0.2) is 4.57 Å². The molecule has 0 spiro atoms. The fourth-order valence-electron chi connectivity index (χ4n) is 4.88. The highest BCUT2D eigenvalue weighted by Gasteiger charge is 2.33. The Bertz CT molecular complexity index is 1370. The molecule has 0 unspecified atom stereocenters. The summed E-state index contributed by atoms with van der Waals surface area (Å²) < 4.78 is 4.89. The Morgan fingerprint density at radius 1 is 0.618 bits per heavy atom. The summed E-state index contributed by atoms with van der Waals surface area (Å²) in [6.07, 6.45) is 0. The number of nitrogens with zero attached hydrogens (tertiary/aromatic N) is 2. The third-order valence-corrected chi connectivity index (χ3v) is 6.39. The topological polar surface area (TPSA) is 8.81 Å². The van der Waals surface area contributed by atoms with Gasteiger partial charge in [-0.1, -0.05) is 109 Å². The van der Waals surface area contributed by atoms with E-state index in [-0.39, 0.29) is 24.0 Å². The second kappa shape index (κ2) is 10.4. The van der Waals surface area contributed by atoms with Gasteiger partial charge in [-0.3, -0.25) is 0 Å². The van der Waals surface area contributed by atoms with E-state index in [2.05, 4.69) is 139 Å². The van der Waals surface area contributed by atoms with Crippen LogP contribution >= 0.6 is 0 Å². The maximum atomic E-state index is 2.50. The molecule has 3 heteroatoms. The molecule has 2 nitrogen and oxygen atoms in total. The van der Waals surface area contributed by atoms with Crippen molar-refractivity contribution in [2.24, 2.45) is 7.05 Å². The molecular weight excluding hydrogens is 527 g/mol. The van der Waals surface area contributed by atoms with E-state index in [0.29, 0.717) is 0 Å². The minimum Gasteiger partial charge on any atom is -1.00 e. The molecule has 0 saturated carbocycles. The van der Waals surface area contributed by atoms with Gasteiger partial charge in [0.2, 0.25) is 0 Å². The number of benzene rings is 4. The molecule has 0 N–H and O–H groups in total. The highest BCUT2D eigenvalue weighted by molar-refractivity contribution is 5.80. The van der Waals surface area contributed by atoms with E-state index in [4.69, 9.17) is 0 Å². The third-order valence-electron chi connectivity index (χ3n) is 6.39. The van der Waals surface area contributed by atoms with Crippen LogP contribution in [0.15, 0.2) is 109 Å². The van der Waals surface area contributed by atoms with Crippen molar-refractivity contribution in [1.82, 2.24) is 4.57 Å². The van der Waals surface area contributed by atoms with Gasteiger partial charge in [-0.2, -0.15) is 0 Å². The minimum absolute atomic E-state index is 0. The molecule has 34 heavy (non-hydrogen) atoms. The standard InChI is InChI=1S/C31H29N2.HI/c1-23-14-13-15-24(2)28(23)31-32(3)29(26-18-9-5-10-19-26)30(27-20-11-6-12-21-27)33(31)22-25-16-7-4-8-17-25;/h4-21H,22H2,1-3H3;1H/q+1;/p-1. The quantitative estimate of drug-likeness (QED) is 0.229. The lowest BCUT2D eigenvalue weighted by molar-refractivity contribution is -0.648. The fourth-order valence-corrected chi connectivity index (χ4v) is 4.88. The van der Waals surface area contributed by atoms with Crippen molar-refractivity contribution < 1.29 is 28.5 Å². The molecule has 0 radical (unpaired) electrons. The van der Waals surface area contributed by atoms with Gasteiger partial charge in [-0.25, -0.2) is 9.13 Å². The van der Waals surface area contributed by atoms with E-state index in [1.807, 2.05) is 0 Å². The first kappa shape index (κ1) is 24.0. The van der Waals surface area contributed by atoms with Gasteiger partial charge in [0.25, 0.3) is 5.82 Å². The van der Waals surface area contributed by atoms with Crippen LogP contribution < -0.4 is 28.5 Å². The fraction of sp³-hybridized carbons (Fsp3) is 0.129. The molecule has 0 aliphatic carbocycles. The lowest BCUT2D eigenvalue weighted by Gasteiger charge is -2.10. The molecule has 0 aliphatic rings. The van der Waals surface area contributed by atoms with E-state index >= 15 is 0 Å². The molecule has 170 valence electrons. The van der Waals surface area contributed by atoms with Gasteiger partial charge in [0.15, 0.2) is 11.4 Å². The van der Waals surface area contributed by atoms with E-state index in [1.54, 1.807) is 0 Å². The van der Waals surface area contributed by atoms with Gasteiger partial charge in [0, 0.05) is 11.1 Å². The monoisotopic (exact) mass is 556 g/mol. The molecule has 0 fully saturated rings. The highest BCUT2D eigenvalue weighted by atomic mass is 127. The molecule has 4 aromatic carbocycles. The van der Waals surface area contributed by atoms with Crippen molar-refractivity contribution in [3.05, 3.63) is 126 Å². The molecule has 0 atom stereocenters. The molecule has 5 rings (SSSR count). The Morgan fingerprint density at radius 2 is 1.12 bits per heavy atom. The molecule has 0 saturated heterocycles. The molecule has 1 aromatic heterocycles. The van der Waals surface area contributed by atoms with Crippen LogP contribution in [0.5, 0.6) is 0 Å². The summed E-state index contributed by atoms with van der Waals surface area (Å²) in [5.74, 6) is 1.23. The van der Waals surface area contributed by atoms with Crippen molar-refractivity contribution >= 4 is 0 Å². The lowest BCUT2D eigenvalue weighted by atomic mass is 10.0. The highest BCUT2D eigenvalue weighted by Crippen LogP contribution is 2.37. The van der Waals surface area contributed by atoms with E-state index in [9.17, 15) is 0 Å². The van der Waals surface area contributed by atoms with Crippen molar-refractivity contribution in [2.75, 3.05) is 0 Å². The van der Waals surface area contributed by atoms with Crippen molar-refractivity contribution in [3.8, 4) is 33.9 Å². The zero-order chi connectivity index (χ0) is 22.8. The lowest BCUT2D eigenvalue weighted by Crippen LogP contribution is -3.00. The zero-order valence-electron chi connectivity index (χ0n) is 19.9. The summed E-state index contributed by atoms with van der Waals surface area (Å²) >= 11 is 0. The first-order chi connectivity index (χ1) is 16.1. The number of aryl methyl sites for hydroxylation is 2. The van der Waals surface area contributed by atoms with Gasteiger partial charge >= 0.3 is 0 Å². The van der Waals surface area contributed by atoms with Crippen LogP contribution in [0, 0.1) is 13.8 Å². The van der Waals surface area contributed by atoms with Crippen molar-refractivity contribution in [2.45, 2.75) is 20.4 Å². The van der Waals surface area contributed by atoms with Crippen molar-refractivity contribution in [1.29, 1.82) is 0 Å². The second-order valence-corrected chi connectivity index (χ2v) is 8.65. The largest absolute Gasteiger partial charge is 1.00 e. The normalized spacial score (nSPS) is 10.7. The summed E-state index contributed by atoms with van der Waals surface area (Å²) in [5.41, 5.74) is 10.1. The van der Waals surface area contributed by atoms with E-state index in [0.717, 1.165) is 6.54 Å². The predicted octanol–water partition coefficient (Wildman–Crippen LogP) is 3.98. The van der Waals surface area contributed by atoms with Gasteiger partial charge in [-0.15, -0.1) is 0 Å². The average Bonchev–Trinajstić information content (AvgIpc) is 3.12. The summed E-state index contributed by atoms with van der Waals surface area (Å²) in [6, 6.07) is 38.9. The number of hydrogen-bond acceptors (Lipinski definition) is 0. The van der Waals surface area contributed by atoms with Gasteiger partial charge in [0.1, 0.15) is 6.54 Å². The smallest absolute Gasteiger partial charge is 0.290 e. The van der Waals surface area contributed by atoms with Crippen LogP contribution in [0.3, 0.4) is 0 Å². The summed E-state index contributed by atoms with van der Waals surface area (Å²) in [4.78, 5) is 0. The molecular formula is C31H29IN2. The summed E-state index contributed by atoms with van der Waals surface area (Å²) in [7, 11) is 2.21. The maximum Gasteiger partial charge on any atom is 0.290 e. The van der Waals surface area contributed by atoms with Crippen LogP contribution in [0.2, 0.25) is 0 Å². The van der Waals surface area contributed by atoms with Crippen LogP contribution in [0.4, 0.5) is 0 Å². The van der Waals surface area contributed by atoms with Crippen LogP contribution in [0.25, 0.3) is 33.9 Å². The maximum absolute atomic E-state index is 2.50. The minimum atomic E-state index is 0. The zero-order valence-corrected chi connectivity index (χ0v) is 22.0. The van der Waals surface area contributed by atoms with Crippen LogP contribution in [-0.2, 0) is 13.6 Å². The summed E-state index contributed by atoms with van der Waals surface area (Å²) in [5, 5.41) is 0. The Morgan fingerprint density at radius 3 is 1.68 bits per heavy atom. The Kier molecular flexibility index (Phi) is 7.32. The predicted molar refractivity (Wildman–Crippen MR) is 137 cm³/mol. The Balaban J connectivity index is 0.00000274. The number of imidazole rings is 1. The van der Waals surface area contributed by atoms with Gasteiger partial charge in [-0.05, 0) is 30.5 Å². The molecule has 1 heterocycles. The molecule has 5 aromatic rings. The molecule has 0 aliphatic heterocycles. The summed E-state index contributed by atoms with van der Waals surface area (Å²) in [6.45, 7) is 5.23. The number of hydrogen-bond donors (Lipinski definition) is 0. The third kappa shape index (κ3) is 4.45. The van der Waals surface area contributed by atoms with Crippen molar-refractivity contribution in [3.63, 3.8) is 0 Å².